The zero-order valence-corrected chi connectivity index (χ0v) is 20.7. The monoisotopic (exact) mass is 487 g/mol. The van der Waals surface area contributed by atoms with Crippen LogP contribution in [0.4, 0.5) is 11.5 Å². The van der Waals surface area contributed by atoms with E-state index in [2.05, 4.69) is 15.5 Å². The summed E-state index contributed by atoms with van der Waals surface area (Å²) >= 11 is 0. The van der Waals surface area contributed by atoms with Crippen LogP contribution in [0.3, 0.4) is 0 Å². The number of hydrogen-bond acceptors (Lipinski definition) is 7. The molecule has 2 fully saturated rings. The van der Waals surface area contributed by atoms with E-state index in [4.69, 9.17) is 14.7 Å². The van der Waals surface area contributed by atoms with E-state index < -0.39 is 0 Å². The Bertz CT molecular complexity index is 1220. The van der Waals surface area contributed by atoms with Crippen molar-refractivity contribution >= 4 is 17.4 Å². The smallest absolute Gasteiger partial charge is 0.227 e. The van der Waals surface area contributed by atoms with Crippen LogP contribution in [0, 0.1) is 12.8 Å². The number of hydrogen-bond donors (Lipinski definition) is 3. The molecule has 3 N–H and O–H groups in total. The van der Waals surface area contributed by atoms with Gasteiger partial charge in [-0.15, -0.1) is 0 Å². The fourth-order valence-electron chi connectivity index (χ4n) is 4.71. The molecule has 0 saturated carbocycles. The molecule has 188 valence electrons. The molecule has 0 radical (unpaired) electrons. The standard InChI is InChI=1S/C28H33N5O3/c1-19-5-6-22(16-24(19)31-28(35)21-7-9-29-10-8-21)25-17-26(33-11-13-36-14-12-33)32-27(30-25)23-4-2-3-20(15-23)18-34/h2-6,15-17,21,29,34H,7-14,18H2,1H3,(H,31,35). The van der Waals surface area contributed by atoms with Crippen LogP contribution in [0.1, 0.15) is 24.0 Å². The van der Waals surface area contributed by atoms with Gasteiger partial charge in [0.2, 0.25) is 5.91 Å². The summed E-state index contributed by atoms with van der Waals surface area (Å²) in [6.07, 6.45) is 1.71. The molecule has 3 aromatic rings. The molecule has 0 atom stereocenters. The zero-order valence-electron chi connectivity index (χ0n) is 20.7. The molecule has 2 aromatic carbocycles. The number of carbonyl (C=O) groups excluding carboxylic acids is 1. The Kier molecular flexibility index (Phi) is 7.55. The van der Waals surface area contributed by atoms with E-state index in [1.165, 1.54) is 0 Å². The summed E-state index contributed by atoms with van der Waals surface area (Å²) < 4.78 is 5.54. The molecule has 5 rings (SSSR count). The minimum atomic E-state index is -0.0398. The molecular formula is C28H33N5O3. The van der Waals surface area contributed by atoms with Gasteiger partial charge >= 0.3 is 0 Å². The molecule has 0 spiro atoms. The number of anilines is 2. The maximum Gasteiger partial charge on any atom is 0.227 e. The van der Waals surface area contributed by atoms with Crippen molar-refractivity contribution in [3.8, 4) is 22.6 Å². The molecule has 0 bridgehead atoms. The van der Waals surface area contributed by atoms with Crippen molar-refractivity contribution in [2.45, 2.75) is 26.4 Å². The maximum absolute atomic E-state index is 12.9. The first-order valence-corrected chi connectivity index (χ1v) is 12.7. The van der Waals surface area contributed by atoms with Gasteiger partial charge in [0.25, 0.3) is 0 Å². The van der Waals surface area contributed by atoms with Crippen molar-refractivity contribution in [3.63, 3.8) is 0 Å². The van der Waals surface area contributed by atoms with Crippen LogP contribution in [-0.2, 0) is 16.1 Å². The molecule has 0 unspecified atom stereocenters. The third-order valence-corrected chi connectivity index (χ3v) is 6.92. The number of benzene rings is 2. The average Bonchev–Trinajstić information content (AvgIpc) is 2.95. The number of rotatable bonds is 6. The lowest BCUT2D eigenvalue weighted by molar-refractivity contribution is -0.120. The molecule has 2 aliphatic rings. The SMILES string of the molecule is Cc1ccc(-c2cc(N3CCOCC3)nc(-c3cccc(CO)c3)n2)cc1NC(=O)C1CCNCC1. The van der Waals surface area contributed by atoms with Crippen molar-refractivity contribution in [2.24, 2.45) is 5.92 Å². The molecule has 2 saturated heterocycles. The number of nitrogens with one attached hydrogen (secondary N) is 2. The normalized spacial score (nSPS) is 16.7. The van der Waals surface area contributed by atoms with Gasteiger partial charge in [0, 0.05) is 41.9 Å². The average molecular weight is 488 g/mol. The van der Waals surface area contributed by atoms with E-state index in [0.717, 1.165) is 78.5 Å². The van der Waals surface area contributed by atoms with E-state index in [1.54, 1.807) is 0 Å². The molecule has 8 heteroatoms. The molecule has 36 heavy (non-hydrogen) atoms. The minimum Gasteiger partial charge on any atom is -0.392 e. The number of amides is 1. The highest BCUT2D eigenvalue weighted by molar-refractivity contribution is 5.94. The van der Waals surface area contributed by atoms with Crippen LogP contribution < -0.4 is 15.5 Å². The largest absolute Gasteiger partial charge is 0.392 e. The minimum absolute atomic E-state index is 0.0340. The van der Waals surface area contributed by atoms with Gasteiger partial charge in [-0.25, -0.2) is 9.97 Å². The predicted molar refractivity (Wildman–Crippen MR) is 141 cm³/mol. The fraction of sp³-hybridized carbons (Fsp3) is 0.393. The summed E-state index contributed by atoms with van der Waals surface area (Å²) in [4.78, 5) is 24.9. The van der Waals surface area contributed by atoms with Gasteiger partial charge in [0.1, 0.15) is 5.82 Å². The lowest BCUT2D eigenvalue weighted by Gasteiger charge is -2.28. The second kappa shape index (κ2) is 11.2. The number of aliphatic hydroxyl groups is 1. The highest BCUT2D eigenvalue weighted by Gasteiger charge is 2.22. The van der Waals surface area contributed by atoms with Crippen LogP contribution in [-0.4, -0.2) is 60.4 Å². The number of ether oxygens (including phenoxy) is 1. The van der Waals surface area contributed by atoms with Crippen molar-refractivity contribution in [2.75, 3.05) is 49.6 Å². The van der Waals surface area contributed by atoms with Crippen molar-refractivity contribution in [1.29, 1.82) is 0 Å². The number of aryl methyl sites for hydroxylation is 1. The topological polar surface area (TPSA) is 99.6 Å². The number of aliphatic hydroxyl groups excluding tert-OH is 1. The van der Waals surface area contributed by atoms with Gasteiger partial charge in [-0.1, -0.05) is 30.3 Å². The van der Waals surface area contributed by atoms with E-state index in [0.29, 0.717) is 19.0 Å². The van der Waals surface area contributed by atoms with E-state index >= 15 is 0 Å². The first-order valence-electron chi connectivity index (χ1n) is 12.7. The van der Waals surface area contributed by atoms with Crippen LogP contribution in [0.15, 0.2) is 48.5 Å². The zero-order chi connectivity index (χ0) is 24.9. The lowest BCUT2D eigenvalue weighted by atomic mass is 9.97. The maximum atomic E-state index is 12.9. The molecule has 1 aromatic heterocycles. The second-order valence-corrected chi connectivity index (χ2v) is 9.44. The quantitative estimate of drug-likeness (QED) is 0.490. The summed E-state index contributed by atoms with van der Waals surface area (Å²) in [5.74, 6) is 1.56. The summed E-state index contributed by atoms with van der Waals surface area (Å²) in [6.45, 7) is 6.56. The van der Waals surface area contributed by atoms with E-state index in [1.807, 2.05) is 55.5 Å². The molecular weight excluding hydrogens is 454 g/mol. The van der Waals surface area contributed by atoms with Gasteiger partial charge in [-0.05, 0) is 56.1 Å². The van der Waals surface area contributed by atoms with Crippen LogP contribution >= 0.6 is 0 Å². The Morgan fingerprint density at radius 3 is 2.67 bits per heavy atom. The Balaban J connectivity index is 1.51. The highest BCUT2D eigenvalue weighted by atomic mass is 16.5. The number of morpholine rings is 1. The summed E-state index contributed by atoms with van der Waals surface area (Å²) in [7, 11) is 0. The first-order chi connectivity index (χ1) is 17.6. The highest BCUT2D eigenvalue weighted by Crippen LogP contribution is 2.30. The molecule has 1 amide bonds. The summed E-state index contributed by atoms with van der Waals surface area (Å²) in [5, 5.41) is 16.1. The first kappa shape index (κ1) is 24.4. The number of nitrogens with zero attached hydrogens (tertiary/aromatic N) is 3. The van der Waals surface area contributed by atoms with Gasteiger partial charge < -0.3 is 25.4 Å². The van der Waals surface area contributed by atoms with Gasteiger partial charge in [-0.2, -0.15) is 0 Å². The summed E-state index contributed by atoms with van der Waals surface area (Å²) in [6, 6.07) is 15.7. The predicted octanol–water partition coefficient (Wildman–Crippen LogP) is 3.39. The van der Waals surface area contributed by atoms with Crippen molar-refractivity contribution in [3.05, 3.63) is 59.7 Å². The third kappa shape index (κ3) is 5.56. The Hall–Kier alpha value is -3.33. The van der Waals surface area contributed by atoms with Gasteiger partial charge in [0.05, 0.1) is 25.5 Å². The van der Waals surface area contributed by atoms with Crippen molar-refractivity contribution in [1.82, 2.24) is 15.3 Å². The Morgan fingerprint density at radius 1 is 1.08 bits per heavy atom. The van der Waals surface area contributed by atoms with Crippen molar-refractivity contribution < 1.29 is 14.6 Å². The molecule has 3 heterocycles. The van der Waals surface area contributed by atoms with Crippen LogP contribution in [0.2, 0.25) is 0 Å². The Morgan fingerprint density at radius 2 is 1.89 bits per heavy atom. The molecule has 2 aliphatic heterocycles. The van der Waals surface area contributed by atoms with E-state index in [-0.39, 0.29) is 18.4 Å². The Labute approximate surface area is 211 Å². The number of carbonyl (C=O) groups is 1. The summed E-state index contributed by atoms with van der Waals surface area (Å²) in [5.41, 5.74) is 5.19. The molecule has 0 aliphatic carbocycles. The third-order valence-electron chi connectivity index (χ3n) is 6.92. The lowest BCUT2D eigenvalue weighted by Crippen LogP contribution is -2.36. The number of piperidine rings is 1. The van der Waals surface area contributed by atoms with Gasteiger partial charge in [-0.3, -0.25) is 4.79 Å². The second-order valence-electron chi connectivity index (χ2n) is 9.44. The van der Waals surface area contributed by atoms with Crippen LogP contribution in [0.5, 0.6) is 0 Å². The molecule has 8 nitrogen and oxygen atoms in total. The fourth-order valence-corrected chi connectivity index (χ4v) is 4.71. The van der Waals surface area contributed by atoms with Crippen LogP contribution in [0.25, 0.3) is 22.6 Å². The van der Waals surface area contributed by atoms with E-state index in [9.17, 15) is 9.90 Å². The van der Waals surface area contributed by atoms with Gasteiger partial charge in [0.15, 0.2) is 5.82 Å². The number of aromatic nitrogens is 2.